The normalized spacial score (nSPS) is 25.4. The number of amides is 1. The summed E-state index contributed by atoms with van der Waals surface area (Å²) in [5, 5.41) is 3.73. The fraction of sp³-hybridized carbons (Fsp3) is 0.923. The lowest BCUT2D eigenvalue weighted by atomic mass is 9.88. The predicted octanol–water partition coefficient (Wildman–Crippen LogP) is 2.86. The average molecular weight is 282 g/mol. The van der Waals surface area contributed by atoms with Gasteiger partial charge in [0.2, 0.25) is 0 Å². The molecular formula is C13H22N4O3. The van der Waals surface area contributed by atoms with Crippen LogP contribution in [0, 0.1) is 0 Å². The molecule has 0 aromatic rings. The summed E-state index contributed by atoms with van der Waals surface area (Å²) < 4.78 is 11.2. The van der Waals surface area contributed by atoms with Crippen LogP contribution in [0.5, 0.6) is 0 Å². The van der Waals surface area contributed by atoms with Crippen LogP contribution in [0.3, 0.4) is 0 Å². The maximum absolute atomic E-state index is 12.0. The van der Waals surface area contributed by atoms with Gasteiger partial charge in [-0.1, -0.05) is 5.11 Å². The van der Waals surface area contributed by atoms with Gasteiger partial charge < -0.3 is 14.4 Å². The van der Waals surface area contributed by atoms with Crippen molar-refractivity contribution >= 4 is 6.09 Å². The van der Waals surface area contributed by atoms with E-state index in [1.807, 2.05) is 20.8 Å². The van der Waals surface area contributed by atoms with E-state index in [1.54, 1.807) is 4.90 Å². The van der Waals surface area contributed by atoms with Gasteiger partial charge in [-0.3, -0.25) is 0 Å². The highest BCUT2D eigenvalue weighted by molar-refractivity contribution is 5.68. The van der Waals surface area contributed by atoms with Crippen molar-refractivity contribution in [1.82, 2.24) is 4.90 Å². The van der Waals surface area contributed by atoms with Gasteiger partial charge in [0.1, 0.15) is 5.60 Å². The molecule has 7 heteroatoms. The first kappa shape index (κ1) is 14.9. The van der Waals surface area contributed by atoms with Crippen LogP contribution >= 0.6 is 0 Å². The lowest BCUT2D eigenvalue weighted by Crippen LogP contribution is -2.48. The molecule has 2 fully saturated rings. The number of carbonyl (C=O) groups is 1. The highest BCUT2D eigenvalue weighted by Gasteiger charge is 2.43. The van der Waals surface area contributed by atoms with Crippen molar-refractivity contribution in [2.45, 2.75) is 57.3 Å². The van der Waals surface area contributed by atoms with E-state index in [0.717, 1.165) is 19.3 Å². The van der Waals surface area contributed by atoms with Gasteiger partial charge in [0.25, 0.3) is 0 Å². The summed E-state index contributed by atoms with van der Waals surface area (Å²) in [6.45, 7) is 7.31. The number of nitrogens with zero attached hydrogens (tertiary/aromatic N) is 4. The molecular weight excluding hydrogens is 260 g/mol. The number of piperidine rings is 1. The van der Waals surface area contributed by atoms with Gasteiger partial charge in [-0.05, 0) is 45.6 Å². The van der Waals surface area contributed by atoms with Gasteiger partial charge in [0.15, 0.2) is 0 Å². The van der Waals surface area contributed by atoms with Crippen molar-refractivity contribution in [2.75, 3.05) is 19.7 Å². The third-order valence-corrected chi connectivity index (χ3v) is 3.73. The Kier molecular flexibility index (Phi) is 4.11. The number of hydrogen-bond donors (Lipinski definition) is 0. The molecule has 2 heterocycles. The Morgan fingerprint density at radius 2 is 2.10 bits per heavy atom. The maximum Gasteiger partial charge on any atom is 0.410 e. The Bertz CT molecular complexity index is 418. The molecule has 0 aromatic heterocycles. The maximum atomic E-state index is 12.0. The summed E-state index contributed by atoms with van der Waals surface area (Å²) >= 11 is 0. The second-order valence-corrected chi connectivity index (χ2v) is 6.52. The predicted molar refractivity (Wildman–Crippen MR) is 73.3 cm³/mol. The molecule has 0 radical (unpaired) electrons. The Morgan fingerprint density at radius 3 is 2.65 bits per heavy atom. The highest BCUT2D eigenvalue weighted by Crippen LogP contribution is 2.37. The van der Waals surface area contributed by atoms with Crippen molar-refractivity contribution in [3.05, 3.63) is 10.4 Å². The Labute approximate surface area is 118 Å². The average Bonchev–Trinajstić information content (AvgIpc) is 2.71. The van der Waals surface area contributed by atoms with Crippen molar-refractivity contribution in [1.29, 1.82) is 0 Å². The first-order valence-corrected chi connectivity index (χ1v) is 7.00. The molecule has 2 aliphatic rings. The quantitative estimate of drug-likeness (QED) is 0.421. The van der Waals surface area contributed by atoms with E-state index in [-0.39, 0.29) is 17.7 Å². The first-order chi connectivity index (χ1) is 9.34. The minimum atomic E-state index is -0.470. The van der Waals surface area contributed by atoms with Crippen LogP contribution in [0.25, 0.3) is 10.4 Å². The molecule has 1 spiro atoms. The minimum Gasteiger partial charge on any atom is -0.444 e. The van der Waals surface area contributed by atoms with Gasteiger partial charge in [-0.25, -0.2) is 4.79 Å². The third kappa shape index (κ3) is 3.55. The fourth-order valence-corrected chi connectivity index (χ4v) is 2.74. The van der Waals surface area contributed by atoms with E-state index in [9.17, 15) is 4.79 Å². The lowest BCUT2D eigenvalue weighted by molar-refractivity contribution is -0.0485. The second-order valence-electron chi connectivity index (χ2n) is 6.52. The highest BCUT2D eigenvalue weighted by atomic mass is 16.6. The largest absolute Gasteiger partial charge is 0.444 e. The molecule has 1 unspecified atom stereocenters. The Balaban J connectivity index is 1.87. The standard InChI is InChI=1S/C13H22N4O3/c1-12(2,3)20-11(18)17-6-4-13(5-7-17)8-10(9-19-13)15-16-14/h10H,4-9H2,1-3H3. The van der Waals surface area contributed by atoms with Crippen molar-refractivity contribution in [3.8, 4) is 0 Å². The van der Waals surface area contributed by atoms with E-state index in [0.29, 0.717) is 19.7 Å². The number of azide groups is 1. The van der Waals surface area contributed by atoms with Gasteiger partial charge in [-0.15, -0.1) is 0 Å². The summed E-state index contributed by atoms with van der Waals surface area (Å²) in [6, 6.07) is -0.0759. The number of carbonyl (C=O) groups excluding carboxylic acids is 1. The van der Waals surface area contributed by atoms with Crippen LogP contribution < -0.4 is 0 Å². The second kappa shape index (κ2) is 5.50. The Morgan fingerprint density at radius 1 is 1.45 bits per heavy atom. The van der Waals surface area contributed by atoms with E-state index in [2.05, 4.69) is 10.0 Å². The molecule has 0 N–H and O–H groups in total. The van der Waals surface area contributed by atoms with Crippen molar-refractivity contribution < 1.29 is 14.3 Å². The molecule has 0 aromatic carbocycles. The molecule has 2 saturated heterocycles. The zero-order valence-electron chi connectivity index (χ0n) is 12.3. The summed E-state index contributed by atoms with van der Waals surface area (Å²) in [5.74, 6) is 0. The smallest absolute Gasteiger partial charge is 0.410 e. The first-order valence-electron chi connectivity index (χ1n) is 7.00. The molecule has 0 aliphatic carbocycles. The minimum absolute atomic E-state index is 0.0759. The van der Waals surface area contributed by atoms with E-state index in [1.165, 1.54) is 0 Å². The molecule has 0 bridgehead atoms. The fourth-order valence-electron chi connectivity index (χ4n) is 2.74. The summed E-state index contributed by atoms with van der Waals surface area (Å²) in [6.07, 6.45) is 2.02. The molecule has 0 saturated carbocycles. The van der Waals surface area contributed by atoms with Crippen LogP contribution in [0.4, 0.5) is 4.79 Å². The van der Waals surface area contributed by atoms with E-state index in [4.69, 9.17) is 15.0 Å². The van der Waals surface area contributed by atoms with Crippen LogP contribution in [-0.4, -0.2) is 47.9 Å². The van der Waals surface area contributed by atoms with Gasteiger partial charge >= 0.3 is 6.09 Å². The van der Waals surface area contributed by atoms with Crippen molar-refractivity contribution in [2.24, 2.45) is 5.11 Å². The molecule has 20 heavy (non-hydrogen) atoms. The third-order valence-electron chi connectivity index (χ3n) is 3.73. The van der Waals surface area contributed by atoms with E-state index < -0.39 is 5.60 Å². The number of likely N-dealkylation sites (tertiary alicyclic amines) is 1. The molecule has 2 rings (SSSR count). The molecule has 112 valence electrons. The molecule has 2 aliphatic heterocycles. The summed E-state index contributed by atoms with van der Waals surface area (Å²) in [4.78, 5) is 16.5. The van der Waals surface area contributed by atoms with Crippen LogP contribution in [0.1, 0.15) is 40.0 Å². The number of rotatable bonds is 1. The van der Waals surface area contributed by atoms with Crippen LogP contribution in [-0.2, 0) is 9.47 Å². The molecule has 1 atom stereocenters. The Hall–Kier alpha value is -1.46. The zero-order chi connectivity index (χ0) is 14.8. The zero-order valence-corrected chi connectivity index (χ0v) is 12.3. The summed E-state index contributed by atoms with van der Waals surface area (Å²) in [7, 11) is 0. The van der Waals surface area contributed by atoms with Crippen molar-refractivity contribution in [3.63, 3.8) is 0 Å². The lowest BCUT2D eigenvalue weighted by Gasteiger charge is -2.39. The van der Waals surface area contributed by atoms with Gasteiger partial charge in [0, 0.05) is 18.0 Å². The molecule has 1 amide bonds. The van der Waals surface area contributed by atoms with Crippen LogP contribution in [0.2, 0.25) is 0 Å². The van der Waals surface area contributed by atoms with E-state index >= 15 is 0 Å². The number of ether oxygens (including phenoxy) is 2. The monoisotopic (exact) mass is 282 g/mol. The van der Waals surface area contributed by atoms with Crippen LogP contribution in [0.15, 0.2) is 5.11 Å². The summed E-state index contributed by atoms with van der Waals surface area (Å²) in [5.41, 5.74) is 7.78. The molecule has 7 nitrogen and oxygen atoms in total. The van der Waals surface area contributed by atoms with Gasteiger partial charge in [0.05, 0.1) is 18.2 Å². The number of hydrogen-bond acceptors (Lipinski definition) is 4. The topological polar surface area (TPSA) is 87.5 Å². The SMILES string of the molecule is CC(C)(C)OC(=O)N1CCC2(CC1)CC(N=[N+]=[N-])CO2. The van der Waals surface area contributed by atoms with Gasteiger partial charge in [-0.2, -0.15) is 0 Å².